The highest BCUT2D eigenvalue weighted by Gasteiger charge is 2.30. The average molecular weight is 389 g/mol. The lowest BCUT2D eigenvalue weighted by Crippen LogP contribution is -2.39. The van der Waals surface area contributed by atoms with Gasteiger partial charge in [0.25, 0.3) is 0 Å². The van der Waals surface area contributed by atoms with Gasteiger partial charge in [0.1, 0.15) is 0 Å². The Balaban J connectivity index is 1.53. The van der Waals surface area contributed by atoms with E-state index in [2.05, 4.69) is 27.3 Å². The number of nitrogens with zero attached hydrogens (tertiary/aromatic N) is 2. The number of likely N-dealkylation sites (tertiary alicyclic amines) is 1. The molecule has 1 aromatic carbocycles. The highest BCUT2D eigenvalue weighted by Crippen LogP contribution is 2.34. The lowest BCUT2D eigenvalue weighted by Gasteiger charge is -2.26. The third-order valence-electron chi connectivity index (χ3n) is 5.08. The van der Waals surface area contributed by atoms with Gasteiger partial charge in [0.05, 0.1) is 26.8 Å². The molecule has 27 heavy (non-hydrogen) atoms. The van der Waals surface area contributed by atoms with Crippen molar-refractivity contribution in [2.75, 3.05) is 40.9 Å². The minimum atomic E-state index is 0.223. The molecule has 1 amide bonds. The van der Waals surface area contributed by atoms with E-state index < -0.39 is 0 Å². The van der Waals surface area contributed by atoms with Crippen molar-refractivity contribution in [3.8, 4) is 11.5 Å². The van der Waals surface area contributed by atoms with Crippen LogP contribution in [0.1, 0.15) is 29.3 Å². The van der Waals surface area contributed by atoms with Crippen LogP contribution >= 0.6 is 11.3 Å². The summed E-state index contributed by atoms with van der Waals surface area (Å²) >= 11 is 1.74. The first kappa shape index (κ1) is 19.7. The number of benzene rings is 1. The van der Waals surface area contributed by atoms with Crippen LogP contribution in [0.5, 0.6) is 11.5 Å². The maximum atomic E-state index is 12.8. The van der Waals surface area contributed by atoms with Crippen LogP contribution in [0.4, 0.5) is 0 Å². The molecule has 1 aliphatic rings. The Morgan fingerprint density at radius 1 is 1.26 bits per heavy atom. The largest absolute Gasteiger partial charge is 0.493 e. The van der Waals surface area contributed by atoms with Crippen molar-refractivity contribution in [3.63, 3.8) is 0 Å². The normalized spacial score (nSPS) is 16.7. The zero-order valence-electron chi connectivity index (χ0n) is 16.3. The van der Waals surface area contributed by atoms with E-state index in [-0.39, 0.29) is 11.9 Å². The number of hydrogen-bond donors (Lipinski definition) is 0. The molecule has 0 spiro atoms. The second-order valence-electron chi connectivity index (χ2n) is 6.94. The lowest BCUT2D eigenvalue weighted by molar-refractivity contribution is -0.133. The summed E-state index contributed by atoms with van der Waals surface area (Å²) in [5, 5.41) is 2.09. The maximum absolute atomic E-state index is 12.8. The fourth-order valence-corrected chi connectivity index (χ4v) is 4.47. The van der Waals surface area contributed by atoms with E-state index in [9.17, 15) is 4.79 Å². The molecule has 0 saturated carbocycles. The first-order chi connectivity index (χ1) is 13.1. The molecular formula is C21H28N2O3S. The Labute approximate surface area is 165 Å². The first-order valence-corrected chi connectivity index (χ1v) is 10.2. The molecule has 2 heterocycles. The zero-order chi connectivity index (χ0) is 19.2. The van der Waals surface area contributed by atoms with Crippen LogP contribution in [0.3, 0.4) is 0 Å². The zero-order valence-corrected chi connectivity index (χ0v) is 17.1. The van der Waals surface area contributed by atoms with E-state index in [0.29, 0.717) is 6.54 Å². The predicted molar refractivity (Wildman–Crippen MR) is 109 cm³/mol. The van der Waals surface area contributed by atoms with Crippen molar-refractivity contribution in [1.82, 2.24) is 9.80 Å². The molecule has 0 bridgehead atoms. The molecule has 1 aliphatic heterocycles. The Bertz CT molecular complexity index is 748. The number of hydrogen-bond acceptors (Lipinski definition) is 5. The van der Waals surface area contributed by atoms with E-state index >= 15 is 0 Å². The average Bonchev–Trinajstić information content (AvgIpc) is 3.37. The highest BCUT2D eigenvalue weighted by molar-refractivity contribution is 7.10. The Morgan fingerprint density at radius 2 is 2.07 bits per heavy atom. The molecule has 1 atom stereocenters. The van der Waals surface area contributed by atoms with E-state index in [1.54, 1.807) is 25.6 Å². The van der Waals surface area contributed by atoms with Gasteiger partial charge in [-0.3, -0.25) is 9.69 Å². The molecular weight excluding hydrogens is 360 g/mol. The van der Waals surface area contributed by atoms with Gasteiger partial charge in [-0.05, 0) is 55.5 Å². The van der Waals surface area contributed by atoms with Gasteiger partial charge >= 0.3 is 0 Å². The lowest BCUT2D eigenvalue weighted by atomic mass is 10.1. The van der Waals surface area contributed by atoms with E-state index in [0.717, 1.165) is 43.9 Å². The van der Waals surface area contributed by atoms with E-state index in [1.807, 2.05) is 25.2 Å². The summed E-state index contributed by atoms with van der Waals surface area (Å²) < 4.78 is 10.6. The number of rotatable bonds is 8. The predicted octanol–water partition coefficient (Wildman–Crippen LogP) is 3.60. The summed E-state index contributed by atoms with van der Waals surface area (Å²) in [6.07, 6.45) is 3.02. The Hall–Kier alpha value is -2.05. The number of amides is 1. The summed E-state index contributed by atoms with van der Waals surface area (Å²) in [5.74, 6) is 1.70. The summed E-state index contributed by atoms with van der Waals surface area (Å²) in [6, 6.07) is 10.4. The molecule has 1 saturated heterocycles. The van der Waals surface area contributed by atoms with Crippen molar-refractivity contribution >= 4 is 17.2 Å². The van der Waals surface area contributed by atoms with Gasteiger partial charge in [-0.25, -0.2) is 0 Å². The second kappa shape index (κ2) is 9.24. The molecule has 0 N–H and O–H groups in total. The summed E-state index contributed by atoms with van der Waals surface area (Å²) in [5.41, 5.74) is 1.17. The Morgan fingerprint density at radius 3 is 2.78 bits per heavy atom. The molecule has 5 nitrogen and oxygen atoms in total. The monoisotopic (exact) mass is 388 g/mol. The second-order valence-corrected chi connectivity index (χ2v) is 7.92. The minimum absolute atomic E-state index is 0.223. The minimum Gasteiger partial charge on any atom is -0.493 e. The summed E-state index contributed by atoms with van der Waals surface area (Å²) in [6.45, 7) is 2.14. The molecule has 3 rings (SSSR count). The van der Waals surface area contributed by atoms with Crippen molar-refractivity contribution in [2.24, 2.45) is 0 Å². The smallest absolute Gasteiger partial charge is 0.237 e. The third-order valence-corrected chi connectivity index (χ3v) is 6.05. The van der Waals surface area contributed by atoms with Crippen LogP contribution in [-0.4, -0.2) is 56.6 Å². The number of carbonyl (C=O) groups is 1. The molecule has 0 radical (unpaired) electrons. The number of likely N-dealkylation sites (N-methyl/N-ethyl adjacent to an activating group) is 1. The number of ether oxygens (including phenoxy) is 2. The quantitative estimate of drug-likeness (QED) is 0.693. The molecule has 6 heteroatoms. The number of thiophene rings is 1. The Kier molecular flexibility index (Phi) is 6.74. The highest BCUT2D eigenvalue weighted by atomic mass is 32.1. The van der Waals surface area contributed by atoms with Crippen molar-refractivity contribution in [2.45, 2.75) is 25.3 Å². The molecule has 146 valence electrons. The fourth-order valence-electron chi connectivity index (χ4n) is 3.60. The van der Waals surface area contributed by atoms with Crippen LogP contribution in [-0.2, 0) is 11.2 Å². The van der Waals surface area contributed by atoms with Gasteiger partial charge in [0, 0.05) is 18.0 Å². The van der Waals surface area contributed by atoms with Gasteiger partial charge in [-0.1, -0.05) is 12.1 Å². The van der Waals surface area contributed by atoms with Crippen molar-refractivity contribution in [3.05, 3.63) is 46.2 Å². The standard InChI is InChI=1S/C21H28N2O3S/c1-22(12-10-16-8-9-18(25-2)19(14-16)26-3)15-21(24)23-11-4-6-17(23)20-7-5-13-27-20/h5,7-9,13-14,17H,4,6,10-12,15H2,1-3H3. The van der Waals surface area contributed by atoms with Gasteiger partial charge in [-0.15, -0.1) is 11.3 Å². The molecule has 1 aromatic heterocycles. The van der Waals surface area contributed by atoms with Crippen LogP contribution < -0.4 is 9.47 Å². The molecule has 1 fully saturated rings. The van der Waals surface area contributed by atoms with Crippen LogP contribution in [0.25, 0.3) is 0 Å². The van der Waals surface area contributed by atoms with Crippen LogP contribution in [0.15, 0.2) is 35.7 Å². The maximum Gasteiger partial charge on any atom is 0.237 e. The van der Waals surface area contributed by atoms with Gasteiger partial charge in [0.2, 0.25) is 5.91 Å². The molecule has 2 aromatic rings. The summed E-state index contributed by atoms with van der Waals surface area (Å²) in [4.78, 5) is 18.3. The topological polar surface area (TPSA) is 42.0 Å². The van der Waals surface area contributed by atoms with E-state index in [1.165, 1.54) is 10.4 Å². The number of carbonyl (C=O) groups excluding carboxylic acids is 1. The van der Waals surface area contributed by atoms with Crippen LogP contribution in [0.2, 0.25) is 0 Å². The van der Waals surface area contributed by atoms with Gasteiger partial charge < -0.3 is 14.4 Å². The molecule has 1 unspecified atom stereocenters. The fraction of sp³-hybridized carbons (Fsp3) is 0.476. The third kappa shape index (κ3) is 4.82. The van der Waals surface area contributed by atoms with Gasteiger partial charge in [0.15, 0.2) is 11.5 Å². The van der Waals surface area contributed by atoms with Crippen LogP contribution in [0, 0.1) is 0 Å². The first-order valence-electron chi connectivity index (χ1n) is 9.34. The molecule has 0 aliphatic carbocycles. The number of methoxy groups -OCH3 is 2. The van der Waals surface area contributed by atoms with Crippen molar-refractivity contribution < 1.29 is 14.3 Å². The van der Waals surface area contributed by atoms with Crippen molar-refractivity contribution in [1.29, 1.82) is 0 Å². The van der Waals surface area contributed by atoms with E-state index in [4.69, 9.17) is 9.47 Å². The SMILES string of the molecule is COc1ccc(CCN(C)CC(=O)N2CCCC2c2cccs2)cc1OC. The van der Waals surface area contributed by atoms with Gasteiger partial charge in [-0.2, -0.15) is 0 Å². The summed E-state index contributed by atoms with van der Waals surface area (Å²) in [7, 11) is 5.29.